The Hall–Kier alpha value is -1.84. The van der Waals surface area contributed by atoms with Crippen molar-refractivity contribution in [1.29, 1.82) is 0 Å². The first-order valence-corrected chi connectivity index (χ1v) is 7.60. The fraction of sp³-hybridized carbons (Fsp3) is 0.529. The van der Waals surface area contributed by atoms with Gasteiger partial charge in [0.15, 0.2) is 0 Å². The van der Waals surface area contributed by atoms with Crippen LogP contribution < -0.4 is 5.32 Å². The van der Waals surface area contributed by atoms with E-state index >= 15 is 0 Å². The van der Waals surface area contributed by atoms with Crippen LogP contribution in [0.4, 0.5) is 0 Å². The van der Waals surface area contributed by atoms with Gasteiger partial charge in [0.05, 0.1) is 0 Å². The predicted octanol–water partition coefficient (Wildman–Crippen LogP) is 3.01. The van der Waals surface area contributed by atoms with Crippen molar-refractivity contribution < 1.29 is 14.7 Å². The molecule has 1 amide bonds. The molecule has 2 rings (SSSR count). The Bertz CT molecular complexity index is 413. The van der Waals surface area contributed by atoms with Crippen LogP contribution in [-0.2, 0) is 16.0 Å². The maximum Gasteiger partial charge on any atom is 0.326 e. The molecule has 1 fully saturated rings. The lowest BCUT2D eigenvalue weighted by atomic mass is 9.91. The van der Waals surface area contributed by atoms with Gasteiger partial charge < -0.3 is 10.4 Å². The minimum absolute atomic E-state index is 0.301. The Morgan fingerprint density at radius 1 is 1.29 bits per heavy atom. The number of aliphatic carboxylic acids is 1. The largest absolute Gasteiger partial charge is 0.480 e. The Balaban J connectivity index is 0.000000262. The Morgan fingerprint density at radius 3 is 2.33 bits per heavy atom. The Labute approximate surface area is 126 Å². The number of benzene rings is 1. The molecule has 0 radical (unpaired) electrons. The standard InChI is InChI=1S/C10H11NO3.C7H14/c12-7-11-9(10(13)14)6-8-4-2-1-3-5-8;1-7-5-3-2-4-6-7/h1-5,7,9H,6H2,(H,11,12)(H,13,14);7H,2-6H2,1H3. The van der Waals surface area contributed by atoms with E-state index in [0.717, 1.165) is 11.5 Å². The first-order chi connectivity index (χ1) is 10.1. The third-order valence-electron chi connectivity index (χ3n) is 3.74. The van der Waals surface area contributed by atoms with Crippen LogP contribution in [0.5, 0.6) is 0 Å². The molecule has 0 spiro atoms. The number of hydrogen-bond acceptors (Lipinski definition) is 2. The number of rotatable bonds is 5. The van der Waals surface area contributed by atoms with Crippen LogP contribution in [0.25, 0.3) is 0 Å². The molecule has 0 heterocycles. The summed E-state index contributed by atoms with van der Waals surface area (Å²) in [5, 5.41) is 11.0. The highest BCUT2D eigenvalue weighted by Crippen LogP contribution is 2.22. The molecule has 1 unspecified atom stereocenters. The second-order valence-corrected chi connectivity index (χ2v) is 5.61. The van der Waals surface area contributed by atoms with E-state index in [0.29, 0.717) is 12.8 Å². The summed E-state index contributed by atoms with van der Waals surface area (Å²) in [5.74, 6) is 0.00898. The minimum atomic E-state index is -1.03. The third kappa shape index (κ3) is 7.49. The summed E-state index contributed by atoms with van der Waals surface area (Å²) in [6, 6.07) is 8.30. The molecule has 116 valence electrons. The maximum absolute atomic E-state index is 10.7. The number of amides is 1. The van der Waals surface area contributed by atoms with Crippen molar-refractivity contribution in [3.8, 4) is 0 Å². The van der Waals surface area contributed by atoms with Crippen LogP contribution in [0.1, 0.15) is 44.6 Å². The van der Waals surface area contributed by atoms with E-state index in [1.807, 2.05) is 30.3 Å². The first kappa shape index (κ1) is 17.2. The van der Waals surface area contributed by atoms with Crippen molar-refractivity contribution in [3.63, 3.8) is 0 Å². The fourth-order valence-corrected chi connectivity index (χ4v) is 2.46. The summed E-state index contributed by atoms with van der Waals surface area (Å²) >= 11 is 0. The normalized spacial score (nSPS) is 16.2. The molecule has 1 aliphatic rings. The van der Waals surface area contributed by atoms with Gasteiger partial charge in [0.25, 0.3) is 0 Å². The van der Waals surface area contributed by atoms with Crippen molar-refractivity contribution in [3.05, 3.63) is 35.9 Å². The molecule has 0 aromatic heterocycles. The quantitative estimate of drug-likeness (QED) is 0.819. The van der Waals surface area contributed by atoms with Gasteiger partial charge in [0, 0.05) is 6.42 Å². The molecule has 4 nitrogen and oxygen atoms in total. The number of nitrogens with one attached hydrogen (secondary N) is 1. The zero-order valence-electron chi connectivity index (χ0n) is 12.6. The van der Waals surface area contributed by atoms with Gasteiger partial charge in [-0.15, -0.1) is 0 Å². The van der Waals surface area contributed by atoms with Crippen LogP contribution in [0.3, 0.4) is 0 Å². The molecule has 4 heteroatoms. The summed E-state index contributed by atoms with van der Waals surface area (Å²) in [6.07, 6.45) is 8.14. The van der Waals surface area contributed by atoms with Crippen LogP contribution in [0, 0.1) is 5.92 Å². The molecule has 0 saturated heterocycles. The third-order valence-corrected chi connectivity index (χ3v) is 3.74. The zero-order chi connectivity index (χ0) is 15.5. The van der Waals surface area contributed by atoms with E-state index in [4.69, 9.17) is 5.11 Å². The molecule has 1 aromatic rings. The smallest absolute Gasteiger partial charge is 0.326 e. The first-order valence-electron chi connectivity index (χ1n) is 7.60. The van der Waals surface area contributed by atoms with Crippen molar-refractivity contribution in [2.75, 3.05) is 0 Å². The van der Waals surface area contributed by atoms with E-state index in [2.05, 4.69) is 12.2 Å². The molecule has 1 atom stereocenters. The molecule has 0 aliphatic heterocycles. The van der Waals surface area contributed by atoms with E-state index in [9.17, 15) is 9.59 Å². The highest BCUT2D eigenvalue weighted by molar-refractivity contribution is 5.76. The summed E-state index contributed by atoms with van der Waals surface area (Å²) in [4.78, 5) is 20.8. The van der Waals surface area contributed by atoms with Gasteiger partial charge in [0.1, 0.15) is 6.04 Å². The van der Waals surface area contributed by atoms with Gasteiger partial charge in [-0.1, -0.05) is 69.4 Å². The molecule has 1 aliphatic carbocycles. The highest BCUT2D eigenvalue weighted by atomic mass is 16.4. The monoisotopic (exact) mass is 291 g/mol. The summed E-state index contributed by atoms with van der Waals surface area (Å²) < 4.78 is 0. The maximum atomic E-state index is 10.7. The van der Waals surface area contributed by atoms with E-state index in [-0.39, 0.29) is 0 Å². The van der Waals surface area contributed by atoms with Crippen molar-refractivity contribution in [2.45, 2.75) is 51.5 Å². The van der Waals surface area contributed by atoms with Crippen molar-refractivity contribution in [2.24, 2.45) is 5.92 Å². The topological polar surface area (TPSA) is 66.4 Å². The second-order valence-electron chi connectivity index (χ2n) is 5.61. The Morgan fingerprint density at radius 2 is 1.90 bits per heavy atom. The second kappa shape index (κ2) is 9.97. The van der Waals surface area contributed by atoms with Crippen molar-refractivity contribution in [1.82, 2.24) is 5.32 Å². The highest BCUT2D eigenvalue weighted by Gasteiger charge is 2.16. The van der Waals surface area contributed by atoms with Crippen LogP contribution in [0.15, 0.2) is 30.3 Å². The van der Waals surface area contributed by atoms with Crippen molar-refractivity contribution >= 4 is 12.4 Å². The molecular formula is C17H25NO3. The van der Waals surface area contributed by atoms with Gasteiger partial charge in [-0.05, 0) is 11.5 Å². The van der Waals surface area contributed by atoms with Crippen LogP contribution >= 0.6 is 0 Å². The predicted molar refractivity (Wildman–Crippen MR) is 83.0 cm³/mol. The number of carbonyl (C=O) groups is 2. The SMILES string of the molecule is CC1CCCCC1.O=CNC(Cc1ccccc1)C(=O)O. The summed E-state index contributed by atoms with van der Waals surface area (Å²) in [7, 11) is 0. The van der Waals surface area contributed by atoms with E-state index in [1.165, 1.54) is 32.1 Å². The average molecular weight is 291 g/mol. The molecule has 2 N–H and O–H groups in total. The fourth-order valence-electron chi connectivity index (χ4n) is 2.46. The van der Waals surface area contributed by atoms with Gasteiger partial charge in [-0.2, -0.15) is 0 Å². The molecule has 21 heavy (non-hydrogen) atoms. The zero-order valence-corrected chi connectivity index (χ0v) is 12.6. The number of hydrogen-bond donors (Lipinski definition) is 2. The lowest BCUT2D eigenvalue weighted by Gasteiger charge is -2.15. The minimum Gasteiger partial charge on any atom is -0.480 e. The summed E-state index contributed by atoms with van der Waals surface area (Å²) in [6.45, 7) is 2.36. The average Bonchev–Trinajstić information content (AvgIpc) is 2.49. The lowest BCUT2D eigenvalue weighted by molar-refractivity contribution is -0.140. The molecule has 0 bridgehead atoms. The lowest BCUT2D eigenvalue weighted by Crippen LogP contribution is -2.37. The molecular weight excluding hydrogens is 266 g/mol. The van der Waals surface area contributed by atoms with Crippen LogP contribution in [-0.4, -0.2) is 23.5 Å². The Kier molecular flexibility index (Phi) is 8.17. The number of carboxylic acids is 1. The van der Waals surface area contributed by atoms with Gasteiger partial charge in [-0.25, -0.2) is 4.79 Å². The van der Waals surface area contributed by atoms with E-state index < -0.39 is 12.0 Å². The summed E-state index contributed by atoms with van der Waals surface area (Å²) in [5.41, 5.74) is 0.884. The van der Waals surface area contributed by atoms with E-state index in [1.54, 1.807) is 0 Å². The van der Waals surface area contributed by atoms with Gasteiger partial charge in [0.2, 0.25) is 6.41 Å². The molecule has 1 saturated carbocycles. The number of carboxylic acid groups (broad SMARTS) is 1. The number of carbonyl (C=O) groups excluding carboxylic acids is 1. The van der Waals surface area contributed by atoms with Gasteiger partial charge in [-0.3, -0.25) is 4.79 Å². The van der Waals surface area contributed by atoms with Crippen LogP contribution in [0.2, 0.25) is 0 Å². The molecule has 1 aromatic carbocycles. The van der Waals surface area contributed by atoms with Gasteiger partial charge >= 0.3 is 5.97 Å².